The molecular formula is C19H18N2O3. The van der Waals surface area contributed by atoms with E-state index in [4.69, 9.17) is 4.74 Å². The summed E-state index contributed by atoms with van der Waals surface area (Å²) >= 11 is 0. The normalized spacial score (nSPS) is 11.5. The number of carbonyl (C=O) groups excluding carboxylic acids is 2. The molecule has 2 heterocycles. The Morgan fingerprint density at radius 3 is 2.46 bits per heavy atom. The van der Waals surface area contributed by atoms with E-state index in [1.165, 1.54) is 10.8 Å². The Morgan fingerprint density at radius 2 is 1.79 bits per heavy atom. The number of ether oxygens (including phenoxy) is 1. The van der Waals surface area contributed by atoms with Gasteiger partial charge in [-0.3, -0.25) is 14.3 Å². The van der Waals surface area contributed by atoms with Crippen molar-refractivity contribution in [1.82, 2.24) is 9.55 Å². The predicted octanol–water partition coefficient (Wildman–Crippen LogP) is 4.05. The van der Waals surface area contributed by atoms with Crippen LogP contribution < -0.4 is 0 Å². The number of aromatic nitrogens is 2. The summed E-state index contributed by atoms with van der Waals surface area (Å²) in [6, 6.07) is 10.6. The predicted molar refractivity (Wildman–Crippen MR) is 91.2 cm³/mol. The number of benzene rings is 1. The minimum absolute atomic E-state index is 0.157. The van der Waals surface area contributed by atoms with E-state index in [0.717, 1.165) is 0 Å². The molecule has 0 saturated carbocycles. The zero-order chi connectivity index (χ0) is 17.3. The Bertz CT molecular complexity index is 905. The molecule has 1 aromatic carbocycles. The Kier molecular flexibility index (Phi) is 3.93. The smallest absolute Gasteiger partial charge is 0.419 e. The maximum Gasteiger partial charge on any atom is 0.419 e. The van der Waals surface area contributed by atoms with Crippen molar-refractivity contribution in [2.45, 2.75) is 26.4 Å². The van der Waals surface area contributed by atoms with Gasteiger partial charge in [-0.05, 0) is 26.8 Å². The van der Waals surface area contributed by atoms with Crippen molar-refractivity contribution in [2.24, 2.45) is 0 Å². The standard InChI is InChI=1S/C19H18N2O3/c1-19(2,3)24-18(23)21-12-15(14-11-20-10-9-16(14)21)17(22)13-7-5-4-6-8-13/h4-12H,1-3H3. The average molecular weight is 322 g/mol. The minimum Gasteiger partial charge on any atom is -0.443 e. The molecule has 0 aliphatic carbocycles. The largest absolute Gasteiger partial charge is 0.443 e. The van der Waals surface area contributed by atoms with Gasteiger partial charge in [-0.25, -0.2) is 4.79 Å². The molecular weight excluding hydrogens is 304 g/mol. The van der Waals surface area contributed by atoms with Gasteiger partial charge in [-0.2, -0.15) is 0 Å². The maximum atomic E-state index is 12.8. The monoisotopic (exact) mass is 322 g/mol. The van der Waals surface area contributed by atoms with E-state index in [1.54, 1.807) is 63.5 Å². The lowest BCUT2D eigenvalue weighted by molar-refractivity contribution is 0.0544. The topological polar surface area (TPSA) is 61.2 Å². The van der Waals surface area contributed by atoms with E-state index in [0.29, 0.717) is 22.0 Å². The van der Waals surface area contributed by atoms with Crippen LogP contribution in [0, 0.1) is 0 Å². The molecule has 24 heavy (non-hydrogen) atoms. The van der Waals surface area contributed by atoms with E-state index < -0.39 is 11.7 Å². The molecule has 0 bridgehead atoms. The fourth-order valence-corrected chi connectivity index (χ4v) is 2.46. The van der Waals surface area contributed by atoms with Gasteiger partial charge in [-0.15, -0.1) is 0 Å². The molecule has 0 N–H and O–H groups in total. The molecule has 3 aromatic rings. The third-order valence-electron chi connectivity index (χ3n) is 3.48. The summed E-state index contributed by atoms with van der Waals surface area (Å²) in [5.41, 5.74) is 0.961. The van der Waals surface area contributed by atoms with Gasteiger partial charge in [0.1, 0.15) is 5.60 Å². The van der Waals surface area contributed by atoms with Crippen LogP contribution in [0.25, 0.3) is 10.9 Å². The summed E-state index contributed by atoms with van der Waals surface area (Å²) in [5, 5.41) is 0.622. The van der Waals surface area contributed by atoms with Crippen LogP contribution in [0.2, 0.25) is 0 Å². The lowest BCUT2D eigenvalue weighted by Crippen LogP contribution is -2.26. The van der Waals surface area contributed by atoms with Crippen LogP contribution in [0.3, 0.4) is 0 Å². The number of rotatable bonds is 2. The quantitative estimate of drug-likeness (QED) is 0.668. The molecule has 5 heteroatoms. The highest BCUT2D eigenvalue weighted by molar-refractivity contribution is 6.17. The Hall–Kier alpha value is -2.95. The second-order valence-electron chi connectivity index (χ2n) is 6.48. The first-order chi connectivity index (χ1) is 11.4. The van der Waals surface area contributed by atoms with Gasteiger partial charge in [0.15, 0.2) is 5.78 Å². The van der Waals surface area contributed by atoms with E-state index in [-0.39, 0.29) is 5.78 Å². The van der Waals surface area contributed by atoms with Crippen molar-refractivity contribution in [3.63, 3.8) is 0 Å². The number of hydrogen-bond donors (Lipinski definition) is 0. The average Bonchev–Trinajstić information content (AvgIpc) is 2.93. The van der Waals surface area contributed by atoms with Gasteiger partial charge in [0.25, 0.3) is 0 Å². The number of ketones is 1. The summed E-state index contributed by atoms with van der Waals surface area (Å²) in [7, 11) is 0. The highest BCUT2D eigenvalue weighted by Crippen LogP contribution is 2.24. The Balaban J connectivity index is 2.11. The van der Waals surface area contributed by atoms with Crippen LogP contribution in [0.15, 0.2) is 55.0 Å². The molecule has 5 nitrogen and oxygen atoms in total. The Labute approximate surface area is 139 Å². The van der Waals surface area contributed by atoms with Crippen molar-refractivity contribution in [3.8, 4) is 0 Å². The third-order valence-corrected chi connectivity index (χ3v) is 3.48. The highest BCUT2D eigenvalue weighted by atomic mass is 16.6. The number of nitrogens with zero attached hydrogens (tertiary/aromatic N) is 2. The van der Waals surface area contributed by atoms with E-state index in [1.807, 2.05) is 6.07 Å². The first-order valence-corrected chi connectivity index (χ1v) is 7.65. The molecule has 0 spiro atoms. The van der Waals surface area contributed by atoms with Gasteiger partial charge in [0.2, 0.25) is 0 Å². The molecule has 0 unspecified atom stereocenters. The highest BCUT2D eigenvalue weighted by Gasteiger charge is 2.23. The molecule has 122 valence electrons. The van der Waals surface area contributed by atoms with Crippen molar-refractivity contribution >= 4 is 22.8 Å². The molecule has 2 aromatic heterocycles. The molecule has 0 fully saturated rings. The maximum absolute atomic E-state index is 12.8. The summed E-state index contributed by atoms with van der Waals surface area (Å²) in [6.07, 6.45) is 4.17. The zero-order valence-corrected chi connectivity index (χ0v) is 13.8. The van der Waals surface area contributed by atoms with E-state index >= 15 is 0 Å². The Morgan fingerprint density at radius 1 is 1.08 bits per heavy atom. The van der Waals surface area contributed by atoms with E-state index in [2.05, 4.69) is 4.98 Å². The van der Waals surface area contributed by atoms with Gasteiger partial charge >= 0.3 is 6.09 Å². The van der Waals surface area contributed by atoms with Crippen molar-refractivity contribution < 1.29 is 14.3 Å². The molecule has 3 rings (SSSR count). The van der Waals surface area contributed by atoms with Crippen LogP contribution in [0.5, 0.6) is 0 Å². The van der Waals surface area contributed by atoms with Crippen LogP contribution in [0.1, 0.15) is 36.7 Å². The van der Waals surface area contributed by atoms with Gasteiger partial charge < -0.3 is 4.74 Å². The van der Waals surface area contributed by atoms with Crippen LogP contribution >= 0.6 is 0 Å². The van der Waals surface area contributed by atoms with Gasteiger partial charge in [0.05, 0.1) is 11.1 Å². The molecule has 0 amide bonds. The molecule has 0 saturated heterocycles. The summed E-state index contributed by atoms with van der Waals surface area (Å²) in [6.45, 7) is 5.40. The molecule has 0 aliphatic rings. The van der Waals surface area contributed by atoms with Crippen LogP contribution in [-0.4, -0.2) is 27.0 Å². The lowest BCUT2D eigenvalue weighted by atomic mass is 10.0. The lowest BCUT2D eigenvalue weighted by Gasteiger charge is -2.19. The second-order valence-corrected chi connectivity index (χ2v) is 6.48. The number of carbonyl (C=O) groups is 2. The summed E-state index contributed by atoms with van der Waals surface area (Å²) in [4.78, 5) is 29.3. The van der Waals surface area contributed by atoms with Crippen molar-refractivity contribution in [3.05, 3.63) is 66.1 Å². The number of hydrogen-bond acceptors (Lipinski definition) is 4. The van der Waals surface area contributed by atoms with E-state index in [9.17, 15) is 9.59 Å². The fourth-order valence-electron chi connectivity index (χ4n) is 2.46. The number of fused-ring (bicyclic) bond motifs is 1. The SMILES string of the molecule is CC(C)(C)OC(=O)n1cc(C(=O)c2ccccc2)c2cnccc21. The third kappa shape index (κ3) is 3.06. The minimum atomic E-state index is -0.621. The first-order valence-electron chi connectivity index (χ1n) is 7.65. The molecule has 0 atom stereocenters. The first kappa shape index (κ1) is 15.9. The van der Waals surface area contributed by atoms with Crippen molar-refractivity contribution in [1.29, 1.82) is 0 Å². The zero-order valence-electron chi connectivity index (χ0n) is 13.8. The number of pyridine rings is 1. The molecule has 0 radical (unpaired) electrons. The van der Waals surface area contributed by atoms with Crippen LogP contribution in [-0.2, 0) is 4.74 Å². The second kappa shape index (κ2) is 5.92. The van der Waals surface area contributed by atoms with Gasteiger partial charge in [0, 0.05) is 29.5 Å². The fraction of sp³-hybridized carbons (Fsp3) is 0.211. The van der Waals surface area contributed by atoms with Crippen LogP contribution in [0.4, 0.5) is 4.79 Å². The van der Waals surface area contributed by atoms with Gasteiger partial charge in [-0.1, -0.05) is 30.3 Å². The summed E-state index contributed by atoms with van der Waals surface area (Å²) < 4.78 is 6.78. The molecule has 0 aliphatic heterocycles. The van der Waals surface area contributed by atoms with Crippen molar-refractivity contribution in [2.75, 3.05) is 0 Å². The summed E-state index contributed by atoms with van der Waals surface area (Å²) in [5.74, 6) is -0.157.